The second kappa shape index (κ2) is 8.06. The number of aliphatic imine (C=N–C) groups is 1. The van der Waals surface area contributed by atoms with Crippen LogP contribution in [0.15, 0.2) is 81.7 Å². The average Bonchev–Trinajstić information content (AvgIpc) is 3.29. The van der Waals surface area contributed by atoms with Crippen LogP contribution in [0.4, 0.5) is 0 Å². The number of benzene rings is 1. The maximum Gasteiger partial charge on any atom is 0.239 e. The molecule has 2 atom stereocenters. The summed E-state index contributed by atoms with van der Waals surface area (Å²) in [6, 6.07) is 14.2. The quantitative estimate of drug-likeness (QED) is 0.690. The second-order valence-corrected chi connectivity index (χ2v) is 8.97. The molecular formula is C25H23N5OS. The molecule has 0 saturated heterocycles. The highest BCUT2D eigenvalue weighted by Crippen LogP contribution is 2.46. The highest BCUT2D eigenvalue weighted by molar-refractivity contribution is 7.10. The van der Waals surface area contributed by atoms with E-state index in [-0.39, 0.29) is 17.6 Å². The van der Waals surface area contributed by atoms with E-state index in [0.29, 0.717) is 16.7 Å². The van der Waals surface area contributed by atoms with Crippen molar-refractivity contribution in [3.8, 4) is 17.2 Å². The number of carbonyl (C=O) groups excluding carboxylic acids is 1. The lowest BCUT2D eigenvalue weighted by molar-refractivity contribution is -0.132. The minimum atomic E-state index is -0.923. The number of hydrogen-bond acceptors (Lipinski definition) is 6. The van der Waals surface area contributed by atoms with E-state index >= 15 is 0 Å². The fourth-order valence-electron chi connectivity index (χ4n) is 4.10. The smallest absolute Gasteiger partial charge is 0.239 e. The molecule has 2 aliphatic rings. The SMILES string of the molecule is C/C(C#N)=C1/C=CC(C2C(=O)N(C)C(N)=NC2(C)c2cc(-c3ccccc3)cs2)=CC1=N. The van der Waals surface area contributed by atoms with E-state index in [2.05, 4.69) is 17.5 Å². The molecule has 3 N–H and O–H groups in total. The molecule has 0 saturated carbocycles. The molecule has 1 amide bonds. The molecule has 1 aliphatic heterocycles. The molecule has 0 spiro atoms. The van der Waals surface area contributed by atoms with Crippen molar-refractivity contribution in [3.05, 3.63) is 81.6 Å². The predicted molar refractivity (Wildman–Crippen MR) is 128 cm³/mol. The fraction of sp³-hybridized carbons (Fsp3) is 0.200. The van der Waals surface area contributed by atoms with Gasteiger partial charge < -0.3 is 11.1 Å². The maximum atomic E-state index is 13.4. The van der Waals surface area contributed by atoms with E-state index in [0.717, 1.165) is 16.0 Å². The van der Waals surface area contributed by atoms with Gasteiger partial charge in [0.05, 0.1) is 17.7 Å². The molecule has 32 heavy (non-hydrogen) atoms. The molecule has 2 heterocycles. The molecule has 7 heteroatoms. The summed E-state index contributed by atoms with van der Waals surface area (Å²) in [5.41, 5.74) is 9.26. The Labute approximate surface area is 191 Å². The number of amides is 1. The predicted octanol–water partition coefficient (Wildman–Crippen LogP) is 4.39. The van der Waals surface area contributed by atoms with Crippen LogP contribution in [0.3, 0.4) is 0 Å². The first kappa shape index (κ1) is 21.5. The topological polar surface area (TPSA) is 106 Å². The Morgan fingerprint density at radius 2 is 2.00 bits per heavy atom. The van der Waals surface area contributed by atoms with E-state index < -0.39 is 11.5 Å². The summed E-state index contributed by atoms with van der Waals surface area (Å²) < 4.78 is 0. The van der Waals surface area contributed by atoms with Gasteiger partial charge in [-0.2, -0.15) is 5.26 Å². The van der Waals surface area contributed by atoms with Crippen LogP contribution in [0.25, 0.3) is 11.1 Å². The van der Waals surface area contributed by atoms with Crippen molar-refractivity contribution in [3.63, 3.8) is 0 Å². The summed E-state index contributed by atoms with van der Waals surface area (Å²) in [6.45, 7) is 3.60. The molecule has 1 aromatic carbocycles. The summed E-state index contributed by atoms with van der Waals surface area (Å²) in [5.74, 6) is -0.662. The summed E-state index contributed by atoms with van der Waals surface area (Å²) in [7, 11) is 1.61. The van der Waals surface area contributed by atoms with Crippen LogP contribution < -0.4 is 5.73 Å². The minimum absolute atomic E-state index is 0.166. The number of nitrogens with zero attached hydrogens (tertiary/aromatic N) is 3. The summed E-state index contributed by atoms with van der Waals surface area (Å²) in [6.07, 6.45) is 5.20. The third-order valence-electron chi connectivity index (χ3n) is 5.98. The molecular weight excluding hydrogens is 418 g/mol. The number of nitrogens with two attached hydrogens (primary N) is 1. The third kappa shape index (κ3) is 3.49. The normalized spacial score (nSPS) is 24.7. The van der Waals surface area contributed by atoms with Gasteiger partial charge in [0, 0.05) is 23.1 Å². The molecule has 0 fully saturated rings. The van der Waals surface area contributed by atoms with E-state index in [1.54, 1.807) is 37.5 Å². The number of carbonyl (C=O) groups is 1. The standard InChI is InChI=1S/C25H23N5OS/c1-15(13-26)19-10-9-17(11-20(19)27)22-23(31)30(3)24(28)29-25(22,2)21-12-18(14-32-21)16-7-5-4-6-8-16/h4-12,14,22,27H,1-3H3,(H2,28,29)/b19-15+,27-20?. The van der Waals surface area contributed by atoms with Gasteiger partial charge in [0.25, 0.3) is 0 Å². The molecule has 6 nitrogen and oxygen atoms in total. The van der Waals surface area contributed by atoms with Crippen LogP contribution in [-0.2, 0) is 10.3 Å². The van der Waals surface area contributed by atoms with Gasteiger partial charge in [0.1, 0.15) is 5.54 Å². The number of allylic oxidation sites excluding steroid dienone is 5. The molecule has 4 rings (SSSR count). The number of guanidine groups is 1. The fourth-order valence-corrected chi connectivity index (χ4v) is 5.16. The van der Waals surface area contributed by atoms with Gasteiger partial charge in [-0.05, 0) is 48.1 Å². The van der Waals surface area contributed by atoms with Crippen molar-refractivity contribution in [2.24, 2.45) is 16.6 Å². The Morgan fingerprint density at radius 3 is 2.66 bits per heavy atom. The van der Waals surface area contributed by atoms with E-state index in [4.69, 9.17) is 16.1 Å². The summed E-state index contributed by atoms with van der Waals surface area (Å²) in [4.78, 5) is 20.5. The third-order valence-corrected chi connectivity index (χ3v) is 7.14. The number of rotatable bonds is 3. The average molecular weight is 442 g/mol. The molecule has 2 aromatic rings. The number of hydrogen-bond donors (Lipinski definition) is 2. The van der Waals surface area contributed by atoms with Gasteiger partial charge in [0.15, 0.2) is 5.96 Å². The second-order valence-electron chi connectivity index (χ2n) is 8.06. The molecule has 1 aromatic heterocycles. The molecule has 0 radical (unpaired) electrons. The zero-order valence-corrected chi connectivity index (χ0v) is 18.9. The Balaban J connectivity index is 1.82. The van der Waals surface area contributed by atoms with Gasteiger partial charge in [-0.3, -0.25) is 9.69 Å². The molecule has 0 bridgehead atoms. The Hall–Kier alpha value is -3.76. The summed E-state index contributed by atoms with van der Waals surface area (Å²) in [5, 5.41) is 19.7. The maximum absolute atomic E-state index is 13.4. The van der Waals surface area contributed by atoms with Gasteiger partial charge in [-0.25, -0.2) is 4.99 Å². The zero-order valence-electron chi connectivity index (χ0n) is 18.1. The van der Waals surface area contributed by atoms with Crippen molar-refractivity contribution in [1.82, 2.24) is 4.90 Å². The number of nitriles is 1. The van der Waals surface area contributed by atoms with Crippen molar-refractivity contribution >= 4 is 28.9 Å². The van der Waals surface area contributed by atoms with Crippen molar-refractivity contribution in [2.45, 2.75) is 19.4 Å². The lowest BCUT2D eigenvalue weighted by Crippen LogP contribution is -2.54. The first-order chi connectivity index (χ1) is 15.3. The van der Waals surface area contributed by atoms with Crippen molar-refractivity contribution < 1.29 is 4.79 Å². The van der Waals surface area contributed by atoms with Crippen molar-refractivity contribution in [2.75, 3.05) is 7.05 Å². The van der Waals surface area contributed by atoms with Crippen LogP contribution in [0.5, 0.6) is 0 Å². The van der Waals surface area contributed by atoms with Crippen LogP contribution in [0.2, 0.25) is 0 Å². The van der Waals surface area contributed by atoms with Crippen LogP contribution >= 0.6 is 11.3 Å². The first-order valence-electron chi connectivity index (χ1n) is 10.1. The minimum Gasteiger partial charge on any atom is -0.369 e. The molecule has 160 valence electrons. The van der Waals surface area contributed by atoms with Crippen LogP contribution in [0, 0.1) is 22.7 Å². The lowest BCUT2D eigenvalue weighted by atomic mass is 9.75. The number of thiophene rings is 1. The van der Waals surface area contributed by atoms with Gasteiger partial charge in [-0.15, -0.1) is 11.3 Å². The molecule has 1 aliphatic carbocycles. The van der Waals surface area contributed by atoms with E-state index in [1.165, 1.54) is 4.90 Å². The van der Waals surface area contributed by atoms with Crippen LogP contribution in [0.1, 0.15) is 18.7 Å². The lowest BCUT2D eigenvalue weighted by Gasteiger charge is -2.40. The van der Waals surface area contributed by atoms with Gasteiger partial charge in [-0.1, -0.05) is 42.5 Å². The Bertz CT molecular complexity index is 1270. The Morgan fingerprint density at radius 1 is 1.28 bits per heavy atom. The van der Waals surface area contributed by atoms with Gasteiger partial charge >= 0.3 is 0 Å². The number of nitrogens with one attached hydrogen (secondary N) is 1. The van der Waals surface area contributed by atoms with E-state index in [1.807, 2.05) is 43.3 Å². The van der Waals surface area contributed by atoms with Gasteiger partial charge in [0.2, 0.25) is 5.91 Å². The largest absolute Gasteiger partial charge is 0.369 e. The summed E-state index contributed by atoms with van der Waals surface area (Å²) >= 11 is 1.54. The monoisotopic (exact) mass is 441 g/mol. The highest BCUT2D eigenvalue weighted by atomic mass is 32.1. The van der Waals surface area contributed by atoms with Crippen molar-refractivity contribution in [1.29, 1.82) is 10.7 Å². The zero-order chi connectivity index (χ0) is 23.0. The molecule has 2 unspecified atom stereocenters. The first-order valence-corrected chi connectivity index (χ1v) is 11.0. The highest BCUT2D eigenvalue weighted by Gasteiger charge is 2.48. The van der Waals surface area contributed by atoms with E-state index in [9.17, 15) is 10.1 Å². The van der Waals surface area contributed by atoms with Crippen LogP contribution in [-0.4, -0.2) is 29.5 Å². The Kier molecular flexibility index (Phi) is 5.41.